The number of hydrogen-bond acceptors (Lipinski definition) is 8. The van der Waals surface area contributed by atoms with Gasteiger partial charge in [-0.1, -0.05) is 6.07 Å². The molecule has 5 aromatic rings. The molecular weight excluding hydrogens is 462 g/mol. The van der Waals surface area contributed by atoms with E-state index in [0.29, 0.717) is 33.0 Å². The van der Waals surface area contributed by atoms with Crippen LogP contribution in [0, 0.1) is 6.92 Å². The third kappa shape index (κ3) is 4.34. The number of H-pyrrole nitrogens is 1. The highest BCUT2D eigenvalue weighted by molar-refractivity contribution is 7.14. The molecule has 10 heteroatoms. The highest BCUT2D eigenvalue weighted by Crippen LogP contribution is 2.34. The van der Waals surface area contributed by atoms with Crippen molar-refractivity contribution >= 4 is 45.2 Å². The summed E-state index contributed by atoms with van der Waals surface area (Å²) in [5.41, 5.74) is 9.15. The Balaban J connectivity index is 1.63. The SMILES string of the molecule is CNc1ccc(NC(=O)c2nc(-c3ccc4c(=O)[nH]ccc4c3)c(-c3ncc(C)s3)nc2N)cc1. The van der Waals surface area contributed by atoms with E-state index in [2.05, 4.69) is 30.6 Å². The van der Waals surface area contributed by atoms with Crippen molar-refractivity contribution in [1.82, 2.24) is 19.9 Å². The number of amides is 1. The van der Waals surface area contributed by atoms with E-state index in [1.807, 2.05) is 32.2 Å². The van der Waals surface area contributed by atoms with Crippen LogP contribution in [0.3, 0.4) is 0 Å². The van der Waals surface area contributed by atoms with Crippen LogP contribution in [0.5, 0.6) is 0 Å². The fourth-order valence-electron chi connectivity index (χ4n) is 3.68. The minimum atomic E-state index is -0.479. The normalized spacial score (nSPS) is 10.9. The molecule has 0 saturated carbocycles. The number of nitrogen functional groups attached to an aromatic ring is 1. The van der Waals surface area contributed by atoms with Crippen LogP contribution in [-0.2, 0) is 0 Å². The monoisotopic (exact) mass is 483 g/mol. The first kappa shape index (κ1) is 22.2. The average Bonchev–Trinajstić information content (AvgIpc) is 3.30. The minimum absolute atomic E-state index is 0.000673. The number of aromatic amines is 1. The van der Waals surface area contributed by atoms with Gasteiger partial charge in [-0.15, -0.1) is 11.3 Å². The maximum Gasteiger partial charge on any atom is 0.278 e. The first-order valence-corrected chi connectivity index (χ1v) is 11.6. The predicted molar refractivity (Wildman–Crippen MR) is 140 cm³/mol. The minimum Gasteiger partial charge on any atom is -0.388 e. The van der Waals surface area contributed by atoms with E-state index >= 15 is 0 Å². The summed E-state index contributed by atoms with van der Waals surface area (Å²) < 4.78 is 0. The van der Waals surface area contributed by atoms with Gasteiger partial charge in [0.1, 0.15) is 16.4 Å². The number of nitrogens with two attached hydrogens (primary N) is 1. The van der Waals surface area contributed by atoms with Crippen molar-refractivity contribution in [2.75, 3.05) is 23.4 Å². The van der Waals surface area contributed by atoms with Crippen molar-refractivity contribution in [2.24, 2.45) is 0 Å². The third-order valence-electron chi connectivity index (χ3n) is 5.44. The molecular formula is C25H21N7O2S. The predicted octanol–water partition coefficient (Wildman–Crippen LogP) is 4.29. The third-order valence-corrected chi connectivity index (χ3v) is 6.36. The van der Waals surface area contributed by atoms with E-state index in [-0.39, 0.29) is 17.1 Å². The van der Waals surface area contributed by atoms with Gasteiger partial charge in [-0.05, 0) is 54.8 Å². The smallest absolute Gasteiger partial charge is 0.278 e. The fraction of sp³-hybridized carbons (Fsp3) is 0.0800. The van der Waals surface area contributed by atoms with Crippen LogP contribution in [0.4, 0.5) is 17.2 Å². The number of carbonyl (C=O) groups is 1. The lowest BCUT2D eigenvalue weighted by Gasteiger charge is -2.12. The molecule has 3 heterocycles. The van der Waals surface area contributed by atoms with Crippen LogP contribution in [0.15, 0.2) is 65.7 Å². The number of aromatic nitrogens is 4. The highest BCUT2D eigenvalue weighted by atomic mass is 32.1. The van der Waals surface area contributed by atoms with E-state index in [1.54, 1.807) is 42.7 Å². The Morgan fingerprint density at radius 1 is 1.03 bits per heavy atom. The molecule has 0 radical (unpaired) electrons. The summed E-state index contributed by atoms with van der Waals surface area (Å²) >= 11 is 1.45. The Bertz CT molecular complexity index is 1620. The van der Waals surface area contributed by atoms with E-state index in [9.17, 15) is 9.59 Å². The zero-order valence-corrected chi connectivity index (χ0v) is 19.7. The van der Waals surface area contributed by atoms with Crippen molar-refractivity contribution in [1.29, 1.82) is 0 Å². The van der Waals surface area contributed by atoms with Gasteiger partial charge >= 0.3 is 0 Å². The molecule has 0 saturated heterocycles. The van der Waals surface area contributed by atoms with Gasteiger partial charge in [-0.25, -0.2) is 15.0 Å². The second-order valence-corrected chi connectivity index (χ2v) is 9.06. The topological polar surface area (TPSA) is 139 Å². The van der Waals surface area contributed by atoms with Gasteiger partial charge in [0.15, 0.2) is 11.5 Å². The average molecular weight is 484 g/mol. The van der Waals surface area contributed by atoms with Crippen LogP contribution >= 0.6 is 11.3 Å². The Labute approximate surface area is 204 Å². The highest BCUT2D eigenvalue weighted by Gasteiger charge is 2.22. The number of nitrogens with one attached hydrogen (secondary N) is 3. The zero-order valence-electron chi connectivity index (χ0n) is 18.9. The van der Waals surface area contributed by atoms with Crippen LogP contribution in [-0.4, -0.2) is 32.9 Å². The second kappa shape index (κ2) is 8.99. The van der Waals surface area contributed by atoms with Crippen molar-refractivity contribution in [3.05, 3.63) is 81.8 Å². The molecule has 0 fully saturated rings. The molecule has 1 amide bonds. The summed E-state index contributed by atoms with van der Waals surface area (Å²) in [6, 6.07) is 14.4. The molecule has 35 heavy (non-hydrogen) atoms. The van der Waals surface area contributed by atoms with Crippen molar-refractivity contribution in [3.63, 3.8) is 0 Å². The maximum atomic E-state index is 13.1. The Morgan fingerprint density at radius 3 is 2.51 bits per heavy atom. The van der Waals surface area contributed by atoms with E-state index in [4.69, 9.17) is 5.73 Å². The first-order valence-electron chi connectivity index (χ1n) is 10.7. The number of thiazole rings is 1. The van der Waals surface area contributed by atoms with Crippen LogP contribution in [0.2, 0.25) is 0 Å². The Morgan fingerprint density at radius 2 is 1.80 bits per heavy atom. The number of carbonyl (C=O) groups excluding carboxylic acids is 1. The van der Waals surface area contributed by atoms with E-state index in [0.717, 1.165) is 16.0 Å². The standard InChI is InChI=1S/C25H21N7O2S/c1-13-12-29-25(35-13)20-19(15-3-8-18-14(11-15)9-10-28-23(18)33)31-21(22(26)32-20)24(34)30-17-6-4-16(27-2)5-7-17/h3-12,27H,1-2H3,(H2,26,32)(H,28,33)(H,30,34). The van der Waals surface area contributed by atoms with Gasteiger partial charge in [0.05, 0.1) is 0 Å². The van der Waals surface area contributed by atoms with Crippen molar-refractivity contribution in [3.8, 4) is 22.0 Å². The van der Waals surface area contributed by atoms with Crippen LogP contribution < -0.4 is 21.9 Å². The summed E-state index contributed by atoms with van der Waals surface area (Å²) in [6.07, 6.45) is 3.34. The van der Waals surface area contributed by atoms with Crippen LogP contribution in [0.1, 0.15) is 15.4 Å². The fourth-order valence-corrected chi connectivity index (χ4v) is 4.43. The lowest BCUT2D eigenvalue weighted by atomic mass is 10.0. The molecule has 0 aliphatic heterocycles. The zero-order chi connectivity index (χ0) is 24.5. The summed E-state index contributed by atoms with van der Waals surface area (Å²) in [7, 11) is 1.82. The number of aryl methyl sites for hydroxylation is 1. The quantitative estimate of drug-likeness (QED) is 0.292. The molecule has 0 bridgehead atoms. The summed E-state index contributed by atoms with van der Waals surface area (Å²) in [5, 5.41) is 7.78. The molecule has 3 aromatic heterocycles. The molecule has 0 spiro atoms. The molecule has 2 aromatic carbocycles. The van der Waals surface area contributed by atoms with E-state index in [1.165, 1.54) is 11.3 Å². The second-order valence-electron chi connectivity index (χ2n) is 7.82. The lowest BCUT2D eigenvalue weighted by Crippen LogP contribution is -2.18. The number of fused-ring (bicyclic) bond motifs is 1. The van der Waals surface area contributed by atoms with Crippen molar-refractivity contribution < 1.29 is 4.79 Å². The van der Waals surface area contributed by atoms with Gasteiger partial charge in [0, 0.05) is 46.6 Å². The van der Waals surface area contributed by atoms with Gasteiger partial charge in [-0.2, -0.15) is 0 Å². The summed E-state index contributed by atoms with van der Waals surface area (Å²) in [6.45, 7) is 1.95. The maximum absolute atomic E-state index is 13.1. The number of rotatable bonds is 5. The number of nitrogens with zero attached hydrogens (tertiary/aromatic N) is 3. The Kier molecular flexibility index (Phi) is 5.71. The number of pyridine rings is 1. The largest absolute Gasteiger partial charge is 0.388 e. The molecule has 0 aliphatic carbocycles. The van der Waals surface area contributed by atoms with Gasteiger partial charge < -0.3 is 21.4 Å². The summed E-state index contributed by atoms with van der Waals surface area (Å²) in [4.78, 5) is 42.6. The van der Waals surface area contributed by atoms with Crippen molar-refractivity contribution in [2.45, 2.75) is 6.92 Å². The molecule has 5 N–H and O–H groups in total. The molecule has 0 unspecified atom stereocenters. The molecule has 174 valence electrons. The van der Waals surface area contributed by atoms with E-state index < -0.39 is 5.91 Å². The molecule has 0 aliphatic rings. The number of benzene rings is 2. The molecule has 9 nitrogen and oxygen atoms in total. The molecule has 0 atom stereocenters. The van der Waals surface area contributed by atoms with Gasteiger partial charge in [0.25, 0.3) is 11.5 Å². The van der Waals surface area contributed by atoms with Gasteiger partial charge in [-0.3, -0.25) is 9.59 Å². The van der Waals surface area contributed by atoms with Crippen LogP contribution in [0.25, 0.3) is 32.7 Å². The Hall–Kier alpha value is -4.57. The molecule has 5 rings (SSSR count). The first-order chi connectivity index (χ1) is 16.9. The van der Waals surface area contributed by atoms with Gasteiger partial charge in [0.2, 0.25) is 0 Å². The lowest BCUT2D eigenvalue weighted by molar-refractivity contribution is 0.102. The number of anilines is 3. The summed E-state index contributed by atoms with van der Waals surface area (Å²) in [5.74, 6) is -0.481. The number of hydrogen-bond donors (Lipinski definition) is 4.